The summed E-state index contributed by atoms with van der Waals surface area (Å²) in [4.78, 5) is 11.6. The molecule has 0 aliphatic carbocycles. The molecule has 0 aromatic rings. The lowest BCUT2D eigenvalue weighted by Gasteiger charge is -2.39. The van der Waals surface area contributed by atoms with E-state index in [2.05, 4.69) is 14.2 Å². The molecule has 0 heterocycles. The van der Waals surface area contributed by atoms with E-state index in [1.165, 1.54) is 0 Å². The summed E-state index contributed by atoms with van der Waals surface area (Å²) in [5, 5.41) is -1.56. The molecular formula is C34H28ClF39O4. The van der Waals surface area contributed by atoms with Crippen molar-refractivity contribution < 1.29 is 190 Å². The van der Waals surface area contributed by atoms with Gasteiger partial charge in [0.2, 0.25) is 5.24 Å². The molecule has 0 unspecified atom stereocenters. The molecule has 0 amide bonds. The van der Waals surface area contributed by atoms with Crippen LogP contribution < -0.4 is 0 Å². The highest BCUT2D eigenvalue weighted by atomic mass is 35.5. The Morgan fingerprint density at radius 1 is 0.269 bits per heavy atom. The Hall–Kier alpha value is -2.89. The molecule has 0 rings (SSSR count). The van der Waals surface area contributed by atoms with Crippen molar-refractivity contribution in [2.24, 2.45) is 5.41 Å². The first kappa shape index (κ1) is 75.1. The monoisotopic (exact) mass is 1280 g/mol. The van der Waals surface area contributed by atoms with Gasteiger partial charge in [-0.1, -0.05) is 0 Å². The highest BCUT2D eigenvalue weighted by Gasteiger charge is 2.93. The summed E-state index contributed by atoms with van der Waals surface area (Å²) < 4.78 is 535. The molecule has 78 heavy (non-hydrogen) atoms. The number of carbonyl (C=O) groups excluding carboxylic acids is 1. The number of hydrogen-bond acceptors (Lipinski definition) is 4. The zero-order valence-corrected chi connectivity index (χ0v) is 37.4. The SMILES string of the molecule is O=C(Cl)CCC(CCCOCC(F)(F)C(F)(F)C(F)(F)C(F)(F)C(F)(F)C(F)(F)F)(CCCOCC(F)(F)C(F)(F)C(F)(F)C(F)(F)C(F)(F)C(F)(F)F)CCCOCC(F)(F)C(F)(F)C(F)(F)C(F)(F)C(F)(F)C(F)(F)F. The summed E-state index contributed by atoms with van der Waals surface area (Å²) in [6.07, 6.45) is -33.2. The lowest BCUT2D eigenvalue weighted by atomic mass is 9.72. The molecule has 0 saturated carbocycles. The van der Waals surface area contributed by atoms with Crippen molar-refractivity contribution in [1.82, 2.24) is 0 Å². The minimum absolute atomic E-state index is 1.08. The Bertz CT molecular complexity index is 1750. The summed E-state index contributed by atoms with van der Waals surface area (Å²) in [6.45, 7) is -15.5. The Morgan fingerprint density at radius 3 is 0.615 bits per heavy atom. The Morgan fingerprint density at radius 2 is 0.449 bits per heavy atom. The summed E-state index contributed by atoms with van der Waals surface area (Å²) in [5.74, 6) is -120. The quantitative estimate of drug-likeness (QED) is 0.0373. The van der Waals surface area contributed by atoms with Crippen molar-refractivity contribution in [3.63, 3.8) is 0 Å². The maximum Gasteiger partial charge on any atom is 0.460 e. The van der Waals surface area contributed by atoms with Crippen LogP contribution in [0.1, 0.15) is 51.4 Å². The predicted octanol–water partition coefficient (Wildman–Crippen LogP) is 16.1. The molecule has 0 saturated heterocycles. The zero-order chi connectivity index (χ0) is 63.1. The average molecular weight is 1280 g/mol. The van der Waals surface area contributed by atoms with Crippen LogP contribution in [0.2, 0.25) is 0 Å². The topological polar surface area (TPSA) is 44.8 Å². The van der Waals surface area contributed by atoms with Crippen LogP contribution in [-0.4, -0.2) is 152 Å². The van der Waals surface area contributed by atoms with E-state index in [9.17, 15) is 176 Å². The van der Waals surface area contributed by atoms with E-state index in [0.29, 0.717) is 0 Å². The van der Waals surface area contributed by atoms with Gasteiger partial charge in [0.05, 0.1) is 0 Å². The third kappa shape index (κ3) is 13.5. The fourth-order valence-corrected chi connectivity index (χ4v) is 6.13. The number of alkyl halides is 39. The van der Waals surface area contributed by atoms with Crippen molar-refractivity contribution >= 4 is 16.8 Å². The van der Waals surface area contributed by atoms with Crippen LogP contribution >= 0.6 is 11.6 Å². The van der Waals surface area contributed by atoms with Crippen LogP contribution in [0.25, 0.3) is 0 Å². The summed E-state index contributed by atoms with van der Waals surface area (Å²) in [5.41, 5.74) is -2.33. The van der Waals surface area contributed by atoms with E-state index in [1.807, 2.05) is 0 Å². The number of hydrogen-bond donors (Lipinski definition) is 0. The number of rotatable bonds is 33. The molecule has 4 nitrogen and oxygen atoms in total. The van der Waals surface area contributed by atoms with E-state index < -0.39 is 209 Å². The highest BCUT2D eigenvalue weighted by molar-refractivity contribution is 6.63. The molecule has 44 heteroatoms. The number of ether oxygens (including phenoxy) is 3. The van der Waals surface area contributed by atoms with Crippen LogP contribution in [0.5, 0.6) is 0 Å². The van der Waals surface area contributed by atoms with Gasteiger partial charge in [-0.25, -0.2) is 0 Å². The summed E-state index contributed by atoms with van der Waals surface area (Å²) in [7, 11) is 0. The smallest absolute Gasteiger partial charge is 0.375 e. The molecule has 0 radical (unpaired) electrons. The van der Waals surface area contributed by atoms with E-state index >= 15 is 0 Å². The van der Waals surface area contributed by atoms with Crippen molar-refractivity contribution in [1.29, 1.82) is 0 Å². The Kier molecular flexibility index (Phi) is 22.2. The first-order valence-electron chi connectivity index (χ1n) is 19.6. The Balaban J connectivity index is 6.89. The first-order valence-corrected chi connectivity index (χ1v) is 20.0. The van der Waals surface area contributed by atoms with E-state index in [4.69, 9.17) is 11.6 Å². The Labute approximate surface area is 411 Å². The molecule has 0 aromatic carbocycles. The van der Waals surface area contributed by atoms with E-state index in [1.54, 1.807) is 0 Å². The van der Waals surface area contributed by atoms with Gasteiger partial charge in [0, 0.05) is 26.2 Å². The first-order chi connectivity index (χ1) is 33.8. The van der Waals surface area contributed by atoms with Gasteiger partial charge >= 0.3 is 107 Å². The van der Waals surface area contributed by atoms with Gasteiger partial charge in [-0.15, -0.1) is 0 Å². The molecular weight excluding hydrogens is 1250 g/mol. The predicted molar refractivity (Wildman–Crippen MR) is 175 cm³/mol. The maximum absolute atomic E-state index is 14.2. The van der Waals surface area contributed by atoms with Crippen LogP contribution in [0, 0.1) is 5.41 Å². The molecule has 0 aliphatic heterocycles. The van der Waals surface area contributed by atoms with Crippen molar-refractivity contribution in [3.05, 3.63) is 0 Å². The molecule has 0 bridgehead atoms. The molecule has 0 aromatic heterocycles. The average Bonchev–Trinajstić information content (AvgIpc) is 3.22. The third-order valence-electron chi connectivity index (χ3n) is 10.7. The largest absolute Gasteiger partial charge is 0.460 e. The van der Waals surface area contributed by atoms with Gasteiger partial charge < -0.3 is 14.2 Å². The van der Waals surface area contributed by atoms with Crippen LogP contribution in [-0.2, 0) is 19.0 Å². The number of carbonyl (C=O) groups is 1. The molecule has 468 valence electrons. The van der Waals surface area contributed by atoms with Crippen molar-refractivity contribution in [2.75, 3.05) is 39.6 Å². The van der Waals surface area contributed by atoms with Crippen LogP contribution in [0.3, 0.4) is 0 Å². The second-order valence-corrected chi connectivity index (χ2v) is 16.7. The van der Waals surface area contributed by atoms with Crippen LogP contribution in [0.15, 0.2) is 0 Å². The van der Waals surface area contributed by atoms with Crippen LogP contribution in [0.4, 0.5) is 171 Å². The van der Waals surface area contributed by atoms with Crippen molar-refractivity contribution in [3.8, 4) is 0 Å². The minimum atomic E-state index is -8.41. The third-order valence-corrected chi connectivity index (χ3v) is 10.9. The normalized spacial score (nSPS) is 16.1. The van der Waals surface area contributed by atoms with Crippen molar-refractivity contribution in [2.45, 2.75) is 159 Å². The standard InChI is InChI=1S/C34H28ClF39O4/c35-15(75)4-8-16(5-1-9-76-12-17(36,37)20(42,43)23(48,49)26(54,55)29(60,61)32(66,67)68,6-2-10-77-13-18(38,39)21(44,45)24(50,51)27(56,57)30(62,63)33(69,70)71)7-3-11-78-14-19(40,41)22(46,47)25(52,53)28(58,59)31(64,65)34(72,73)74/h1-14H2. The lowest BCUT2D eigenvalue weighted by molar-refractivity contribution is -0.441. The van der Waals surface area contributed by atoms with Gasteiger partial charge in [-0.2, -0.15) is 171 Å². The van der Waals surface area contributed by atoms with Gasteiger partial charge in [0.15, 0.2) is 0 Å². The maximum atomic E-state index is 14.2. The van der Waals surface area contributed by atoms with E-state index in [-0.39, 0.29) is 0 Å². The van der Waals surface area contributed by atoms with Gasteiger partial charge in [0.1, 0.15) is 19.8 Å². The molecule has 0 atom stereocenters. The van der Waals surface area contributed by atoms with E-state index in [0.717, 1.165) is 0 Å². The fraction of sp³-hybridized carbons (Fsp3) is 0.971. The lowest BCUT2D eigenvalue weighted by Crippen LogP contribution is -2.70. The van der Waals surface area contributed by atoms with Gasteiger partial charge in [-0.05, 0) is 62.0 Å². The minimum Gasteiger partial charge on any atom is -0.375 e. The molecule has 0 N–H and O–H groups in total. The van der Waals surface area contributed by atoms with Gasteiger partial charge in [0.25, 0.3) is 0 Å². The second kappa shape index (κ2) is 23.0. The fourth-order valence-electron chi connectivity index (χ4n) is 6.04. The van der Waals surface area contributed by atoms with Gasteiger partial charge in [-0.3, -0.25) is 4.79 Å². The summed E-state index contributed by atoms with van der Waals surface area (Å²) >= 11 is 5.13. The zero-order valence-electron chi connectivity index (χ0n) is 36.7. The highest BCUT2D eigenvalue weighted by Crippen LogP contribution is 2.63. The molecule has 0 aliphatic rings. The molecule has 0 spiro atoms. The summed E-state index contributed by atoms with van der Waals surface area (Å²) in [6, 6.07) is 0. The molecule has 0 fully saturated rings. The number of halogens is 40. The second-order valence-electron chi connectivity index (χ2n) is 16.3.